The van der Waals surface area contributed by atoms with Crippen molar-refractivity contribution in [1.82, 2.24) is 0 Å². The quantitative estimate of drug-likeness (QED) is 0.261. The molecule has 0 aliphatic heterocycles. The Balaban J connectivity index is 1.33. The first kappa shape index (κ1) is 22.8. The average Bonchev–Trinajstić information content (AvgIpc) is 3.02. The molecule has 0 saturated carbocycles. The van der Waals surface area contributed by atoms with Crippen molar-refractivity contribution in [2.45, 2.75) is 30.2 Å². The number of hydrogen-bond acceptors (Lipinski definition) is 3. The molecule has 0 unspecified atom stereocenters. The number of rotatable bonds is 6. The van der Waals surface area contributed by atoms with Crippen molar-refractivity contribution in [2.24, 2.45) is 0 Å². The molecule has 0 bridgehead atoms. The van der Waals surface area contributed by atoms with Gasteiger partial charge in [0.15, 0.2) is 4.33 Å². The van der Waals surface area contributed by atoms with Crippen molar-refractivity contribution in [3.05, 3.63) is 113 Å². The second-order valence-corrected chi connectivity index (χ2v) is 9.87. The molecular weight excluding hydrogens is 467 g/mol. The smallest absolute Gasteiger partial charge is 0.338 e. The summed E-state index contributed by atoms with van der Waals surface area (Å²) in [4.78, 5) is 12.8. The normalized spacial score (nSPS) is 15.6. The number of benzene rings is 3. The van der Waals surface area contributed by atoms with E-state index in [0.717, 1.165) is 47.1 Å². The lowest BCUT2D eigenvalue weighted by molar-refractivity contribution is 0.0537. The van der Waals surface area contributed by atoms with Gasteiger partial charge in [0.25, 0.3) is 0 Å². The van der Waals surface area contributed by atoms with Crippen LogP contribution in [0.4, 0.5) is 0 Å². The van der Waals surface area contributed by atoms with E-state index in [1.165, 1.54) is 0 Å². The molecule has 0 radical (unpaired) electrons. The van der Waals surface area contributed by atoms with E-state index in [-0.39, 0.29) is 12.6 Å². The summed E-state index contributed by atoms with van der Waals surface area (Å²) in [5, 5.41) is 0. The predicted molar refractivity (Wildman–Crippen MR) is 136 cm³/mol. The SMILES string of the molecule is O=C(OCC1=CC=CCCC1)c1ccc2c(c1)C(Cl)(Cl)c1cc(OCc3ccccc3)ccc1-2. The summed E-state index contributed by atoms with van der Waals surface area (Å²) >= 11 is 13.7. The van der Waals surface area contributed by atoms with Gasteiger partial charge >= 0.3 is 5.97 Å². The maximum Gasteiger partial charge on any atom is 0.338 e. The van der Waals surface area contributed by atoms with Crippen LogP contribution in [-0.4, -0.2) is 12.6 Å². The number of carbonyl (C=O) groups is 1. The largest absolute Gasteiger partial charge is 0.489 e. The Bertz CT molecular complexity index is 1280. The van der Waals surface area contributed by atoms with E-state index >= 15 is 0 Å². The fraction of sp³-hybridized carbons (Fsp3) is 0.207. The monoisotopic (exact) mass is 490 g/mol. The predicted octanol–water partition coefficient (Wildman–Crippen LogP) is 7.75. The highest BCUT2D eigenvalue weighted by molar-refractivity contribution is 6.51. The zero-order valence-electron chi connectivity index (χ0n) is 18.6. The van der Waals surface area contributed by atoms with Crippen LogP contribution in [0.25, 0.3) is 11.1 Å². The first-order valence-electron chi connectivity index (χ1n) is 11.4. The minimum atomic E-state index is -1.29. The topological polar surface area (TPSA) is 35.5 Å². The Morgan fingerprint density at radius 1 is 0.912 bits per heavy atom. The number of allylic oxidation sites excluding steroid dienone is 3. The van der Waals surface area contributed by atoms with Crippen molar-refractivity contribution in [1.29, 1.82) is 0 Å². The van der Waals surface area contributed by atoms with Crippen LogP contribution in [0, 0.1) is 0 Å². The highest BCUT2D eigenvalue weighted by Crippen LogP contribution is 2.55. The molecule has 5 heteroatoms. The van der Waals surface area contributed by atoms with Crippen molar-refractivity contribution in [3.63, 3.8) is 0 Å². The first-order chi connectivity index (χ1) is 16.5. The van der Waals surface area contributed by atoms with Gasteiger partial charge in [0.2, 0.25) is 0 Å². The van der Waals surface area contributed by atoms with E-state index < -0.39 is 4.33 Å². The number of hydrogen-bond donors (Lipinski definition) is 0. The zero-order chi connectivity index (χ0) is 23.5. The number of fused-ring (bicyclic) bond motifs is 3. The van der Waals surface area contributed by atoms with Crippen molar-refractivity contribution in [2.75, 3.05) is 6.61 Å². The lowest BCUT2D eigenvalue weighted by Gasteiger charge is -2.17. The van der Waals surface area contributed by atoms with E-state index in [4.69, 9.17) is 32.7 Å². The van der Waals surface area contributed by atoms with Crippen LogP contribution in [0.2, 0.25) is 0 Å². The number of halogens is 2. The first-order valence-corrected chi connectivity index (χ1v) is 12.1. The number of ether oxygens (including phenoxy) is 2. The van der Waals surface area contributed by atoms with Crippen molar-refractivity contribution < 1.29 is 14.3 Å². The van der Waals surface area contributed by atoms with Crippen LogP contribution in [0.15, 0.2) is 90.5 Å². The molecule has 0 N–H and O–H groups in total. The standard InChI is InChI=1S/C29H24Cl2O3/c30-29(31)26-16-22(28(32)34-19-21-8-4-1-2-5-9-21)12-14-24(26)25-15-13-23(17-27(25)29)33-18-20-10-6-3-7-11-20/h1,3-4,6-8,10-17H,2,5,9,18-19H2. The molecule has 0 amide bonds. The third-order valence-corrected chi connectivity index (χ3v) is 7.00. The van der Waals surface area contributed by atoms with Crippen molar-refractivity contribution >= 4 is 29.2 Å². The minimum absolute atomic E-state index is 0.287. The molecule has 0 fully saturated rings. The summed E-state index contributed by atoms with van der Waals surface area (Å²) in [6, 6.07) is 21.1. The van der Waals surface area contributed by atoms with Crippen LogP contribution in [0.3, 0.4) is 0 Å². The highest BCUT2D eigenvalue weighted by atomic mass is 35.5. The van der Waals surface area contributed by atoms with Gasteiger partial charge < -0.3 is 9.47 Å². The van der Waals surface area contributed by atoms with Gasteiger partial charge in [-0.25, -0.2) is 4.79 Å². The summed E-state index contributed by atoms with van der Waals surface area (Å²) in [5.74, 6) is 0.301. The van der Waals surface area contributed by atoms with Crippen molar-refractivity contribution in [3.8, 4) is 16.9 Å². The molecular formula is C29H24Cl2O3. The van der Waals surface area contributed by atoms with Gasteiger partial charge in [-0.15, -0.1) is 0 Å². The van der Waals surface area contributed by atoms with Gasteiger partial charge in [-0.05, 0) is 65.8 Å². The Kier molecular flexibility index (Phi) is 6.49. The molecule has 172 valence electrons. The fourth-order valence-corrected chi connectivity index (χ4v) is 4.98. The minimum Gasteiger partial charge on any atom is -0.489 e. The lowest BCUT2D eigenvalue weighted by atomic mass is 10.0. The second-order valence-electron chi connectivity index (χ2n) is 8.54. The molecule has 3 aromatic rings. The summed E-state index contributed by atoms with van der Waals surface area (Å²) < 4.78 is 10.3. The average molecular weight is 491 g/mol. The van der Waals surface area contributed by atoms with Gasteiger partial charge in [0, 0.05) is 11.1 Å². The molecule has 2 aliphatic carbocycles. The third kappa shape index (κ3) is 4.64. The molecule has 34 heavy (non-hydrogen) atoms. The number of carbonyl (C=O) groups excluding carboxylic acids is 1. The van der Waals surface area contributed by atoms with Crippen LogP contribution < -0.4 is 4.74 Å². The molecule has 0 spiro atoms. The zero-order valence-corrected chi connectivity index (χ0v) is 20.1. The Hall–Kier alpha value is -3.01. The summed E-state index contributed by atoms with van der Waals surface area (Å²) in [7, 11) is 0. The highest BCUT2D eigenvalue weighted by Gasteiger charge is 2.41. The fourth-order valence-electron chi connectivity index (χ4n) is 4.35. The van der Waals surface area contributed by atoms with Crippen LogP contribution in [0.5, 0.6) is 5.75 Å². The third-order valence-electron chi connectivity index (χ3n) is 6.19. The number of alkyl halides is 2. The van der Waals surface area contributed by atoms with Gasteiger partial charge in [-0.2, -0.15) is 0 Å². The van der Waals surface area contributed by atoms with E-state index in [9.17, 15) is 4.79 Å². The lowest BCUT2D eigenvalue weighted by Crippen LogP contribution is -2.12. The summed E-state index contributed by atoms with van der Waals surface area (Å²) in [6.45, 7) is 0.738. The van der Waals surface area contributed by atoms with Gasteiger partial charge in [0.1, 0.15) is 19.0 Å². The maximum atomic E-state index is 12.8. The second kappa shape index (κ2) is 9.69. The van der Waals surface area contributed by atoms with E-state index in [1.54, 1.807) is 12.1 Å². The van der Waals surface area contributed by atoms with Crippen LogP contribution >= 0.6 is 23.2 Å². The molecule has 5 rings (SSSR count). The molecule has 0 atom stereocenters. The Morgan fingerprint density at radius 2 is 1.68 bits per heavy atom. The molecule has 3 nitrogen and oxygen atoms in total. The maximum absolute atomic E-state index is 12.8. The van der Waals surface area contributed by atoms with E-state index in [2.05, 4.69) is 6.08 Å². The summed E-state index contributed by atoms with van der Waals surface area (Å²) in [6.07, 6.45) is 9.23. The molecule has 0 heterocycles. The molecule has 0 aromatic heterocycles. The van der Waals surface area contributed by atoms with Gasteiger partial charge in [0.05, 0.1) is 5.56 Å². The van der Waals surface area contributed by atoms with Gasteiger partial charge in [-0.3, -0.25) is 0 Å². The van der Waals surface area contributed by atoms with Gasteiger partial charge in [-0.1, -0.05) is 83.9 Å². The van der Waals surface area contributed by atoms with Crippen LogP contribution in [0.1, 0.15) is 46.3 Å². The van der Waals surface area contributed by atoms with E-state index in [1.807, 2.05) is 66.7 Å². The molecule has 2 aliphatic rings. The Morgan fingerprint density at radius 3 is 2.50 bits per heavy atom. The van der Waals surface area contributed by atoms with E-state index in [0.29, 0.717) is 23.5 Å². The molecule has 0 saturated heterocycles. The Labute approximate surface area is 209 Å². The number of esters is 1. The van der Waals surface area contributed by atoms with Crippen LogP contribution in [-0.2, 0) is 15.7 Å². The molecule has 3 aromatic carbocycles. The summed E-state index contributed by atoms with van der Waals surface area (Å²) in [5.41, 5.74) is 5.89.